The fourth-order valence-corrected chi connectivity index (χ4v) is 1.79. The third-order valence-electron chi connectivity index (χ3n) is 2.76. The molecule has 102 valence electrons. The van der Waals surface area contributed by atoms with E-state index in [1.165, 1.54) is 0 Å². The molecule has 1 aromatic heterocycles. The second-order valence-corrected chi connectivity index (χ2v) is 4.21. The predicted octanol–water partition coefficient (Wildman–Crippen LogP) is 1.91. The lowest BCUT2D eigenvalue weighted by Gasteiger charge is -2.11. The topological polar surface area (TPSA) is 64.4 Å². The number of carbonyl (C=O) groups is 1. The Morgan fingerprint density at radius 1 is 1.47 bits per heavy atom. The number of para-hydroxylation sites is 2. The van der Waals surface area contributed by atoms with E-state index in [9.17, 15) is 4.79 Å². The molecule has 2 rings (SSSR count). The molecule has 1 N–H and O–H groups in total. The molecule has 19 heavy (non-hydrogen) atoms. The summed E-state index contributed by atoms with van der Waals surface area (Å²) in [7, 11) is 0. The summed E-state index contributed by atoms with van der Waals surface area (Å²) in [6, 6.07) is 7.60. The molecule has 5 nitrogen and oxygen atoms in total. The van der Waals surface area contributed by atoms with Crippen LogP contribution < -0.4 is 5.32 Å². The zero-order valence-electron chi connectivity index (χ0n) is 11.2. The van der Waals surface area contributed by atoms with Crippen LogP contribution in [0.2, 0.25) is 0 Å². The number of amides is 1. The highest BCUT2D eigenvalue weighted by Gasteiger charge is 2.12. The monoisotopic (exact) mass is 262 g/mol. The molecular formula is C14H18N2O3. The van der Waals surface area contributed by atoms with Crippen LogP contribution in [0.15, 0.2) is 28.7 Å². The molecule has 1 amide bonds. The van der Waals surface area contributed by atoms with Gasteiger partial charge in [0.1, 0.15) is 11.6 Å². The van der Waals surface area contributed by atoms with Gasteiger partial charge in [-0.2, -0.15) is 0 Å². The molecule has 0 fully saturated rings. The number of benzene rings is 1. The molecule has 0 aliphatic rings. The molecule has 1 atom stereocenters. The van der Waals surface area contributed by atoms with Gasteiger partial charge in [-0.1, -0.05) is 12.1 Å². The van der Waals surface area contributed by atoms with Crippen LogP contribution in [0.4, 0.5) is 0 Å². The van der Waals surface area contributed by atoms with Crippen molar-refractivity contribution in [1.29, 1.82) is 0 Å². The van der Waals surface area contributed by atoms with Crippen LogP contribution in [0.25, 0.3) is 11.1 Å². The van der Waals surface area contributed by atoms with Crippen LogP contribution in [0.1, 0.15) is 19.7 Å². The van der Waals surface area contributed by atoms with Crippen LogP contribution >= 0.6 is 0 Å². The van der Waals surface area contributed by atoms with E-state index in [-0.39, 0.29) is 5.91 Å². The average Bonchev–Trinajstić information content (AvgIpc) is 2.81. The smallest absolute Gasteiger partial charge is 0.248 e. The largest absolute Gasteiger partial charge is 0.441 e. The summed E-state index contributed by atoms with van der Waals surface area (Å²) in [6.07, 6.45) is 0.146. The Labute approximate surface area is 112 Å². The summed E-state index contributed by atoms with van der Waals surface area (Å²) >= 11 is 0. The number of carbonyl (C=O) groups excluding carboxylic acids is 1. The first-order chi connectivity index (χ1) is 9.20. The quantitative estimate of drug-likeness (QED) is 0.863. The molecule has 2 aromatic rings. The standard InChI is InChI=1S/C14H18N2O3/c1-3-18-10(2)14(17)15-9-8-13-16-11-6-4-5-7-12(11)19-13/h4-7,10H,3,8-9H2,1-2H3,(H,15,17)/t10-/m1/s1. The molecule has 1 heterocycles. The van der Waals surface area contributed by atoms with Crippen molar-refractivity contribution >= 4 is 17.0 Å². The van der Waals surface area contributed by atoms with Gasteiger partial charge < -0.3 is 14.5 Å². The van der Waals surface area contributed by atoms with Gasteiger partial charge in [0.15, 0.2) is 11.5 Å². The molecule has 0 saturated carbocycles. The maximum Gasteiger partial charge on any atom is 0.248 e. The Morgan fingerprint density at radius 2 is 2.26 bits per heavy atom. The maximum atomic E-state index is 11.6. The lowest BCUT2D eigenvalue weighted by atomic mass is 10.3. The second kappa shape index (κ2) is 6.33. The lowest BCUT2D eigenvalue weighted by Crippen LogP contribution is -2.35. The first kappa shape index (κ1) is 13.5. The van der Waals surface area contributed by atoms with E-state index in [1.54, 1.807) is 6.92 Å². The number of oxazole rings is 1. The summed E-state index contributed by atoms with van der Waals surface area (Å²) in [5.41, 5.74) is 1.61. The number of aromatic nitrogens is 1. The molecule has 1 aromatic carbocycles. The van der Waals surface area contributed by atoms with Crippen molar-refractivity contribution in [1.82, 2.24) is 10.3 Å². The molecule has 0 radical (unpaired) electrons. The number of rotatable bonds is 6. The predicted molar refractivity (Wildman–Crippen MR) is 71.8 cm³/mol. The molecule has 0 saturated heterocycles. The number of hydrogen-bond acceptors (Lipinski definition) is 4. The van der Waals surface area contributed by atoms with Gasteiger partial charge in [-0.25, -0.2) is 4.98 Å². The van der Waals surface area contributed by atoms with Crippen molar-refractivity contribution in [3.05, 3.63) is 30.2 Å². The highest BCUT2D eigenvalue weighted by molar-refractivity contribution is 5.80. The Balaban J connectivity index is 1.84. The van der Waals surface area contributed by atoms with Gasteiger partial charge in [-0.3, -0.25) is 4.79 Å². The lowest BCUT2D eigenvalue weighted by molar-refractivity contribution is -0.131. The van der Waals surface area contributed by atoms with E-state index >= 15 is 0 Å². The molecule has 0 spiro atoms. The second-order valence-electron chi connectivity index (χ2n) is 4.21. The van der Waals surface area contributed by atoms with Crippen LogP contribution in [0, 0.1) is 0 Å². The third kappa shape index (κ3) is 3.54. The molecular weight excluding hydrogens is 244 g/mol. The van der Waals surface area contributed by atoms with Crippen molar-refractivity contribution in [2.45, 2.75) is 26.4 Å². The normalized spacial score (nSPS) is 12.5. The van der Waals surface area contributed by atoms with Gasteiger partial charge in [-0.05, 0) is 26.0 Å². The van der Waals surface area contributed by atoms with Crippen LogP contribution in [-0.4, -0.2) is 30.1 Å². The number of nitrogens with one attached hydrogen (secondary N) is 1. The number of fused-ring (bicyclic) bond motifs is 1. The minimum atomic E-state index is -0.423. The van der Waals surface area contributed by atoms with E-state index < -0.39 is 6.10 Å². The van der Waals surface area contributed by atoms with Gasteiger partial charge >= 0.3 is 0 Å². The number of ether oxygens (including phenoxy) is 1. The van der Waals surface area contributed by atoms with Crippen molar-refractivity contribution in [3.63, 3.8) is 0 Å². The Kier molecular flexibility index (Phi) is 4.52. The van der Waals surface area contributed by atoms with Crippen molar-refractivity contribution in [3.8, 4) is 0 Å². The SMILES string of the molecule is CCO[C@H](C)C(=O)NCCc1nc2ccccc2o1. The van der Waals surface area contributed by atoms with Gasteiger partial charge in [0.25, 0.3) is 0 Å². The minimum absolute atomic E-state index is 0.113. The Hall–Kier alpha value is -1.88. The maximum absolute atomic E-state index is 11.6. The first-order valence-corrected chi connectivity index (χ1v) is 6.44. The van der Waals surface area contributed by atoms with Gasteiger partial charge in [-0.15, -0.1) is 0 Å². The van der Waals surface area contributed by atoms with Crippen LogP contribution in [0.5, 0.6) is 0 Å². The summed E-state index contributed by atoms with van der Waals surface area (Å²) in [4.78, 5) is 15.9. The molecule has 0 aliphatic carbocycles. The average molecular weight is 262 g/mol. The highest BCUT2D eigenvalue weighted by atomic mass is 16.5. The summed E-state index contributed by atoms with van der Waals surface area (Å²) in [5.74, 6) is 0.517. The Morgan fingerprint density at radius 3 is 3.00 bits per heavy atom. The molecule has 0 unspecified atom stereocenters. The van der Waals surface area contributed by atoms with E-state index in [0.29, 0.717) is 25.5 Å². The third-order valence-corrected chi connectivity index (χ3v) is 2.76. The fourth-order valence-electron chi connectivity index (χ4n) is 1.79. The van der Waals surface area contributed by atoms with E-state index in [1.807, 2.05) is 31.2 Å². The first-order valence-electron chi connectivity index (χ1n) is 6.44. The molecule has 5 heteroatoms. The minimum Gasteiger partial charge on any atom is -0.441 e. The van der Waals surface area contributed by atoms with Crippen molar-refractivity contribution in [2.75, 3.05) is 13.2 Å². The van der Waals surface area contributed by atoms with E-state index in [4.69, 9.17) is 9.15 Å². The summed E-state index contributed by atoms with van der Waals surface area (Å²) in [6.45, 7) is 4.61. The zero-order chi connectivity index (χ0) is 13.7. The molecule has 0 bridgehead atoms. The van der Waals surface area contributed by atoms with Gasteiger partial charge in [0, 0.05) is 19.6 Å². The number of nitrogens with zero attached hydrogens (tertiary/aromatic N) is 1. The summed E-state index contributed by atoms with van der Waals surface area (Å²) < 4.78 is 10.8. The van der Waals surface area contributed by atoms with Crippen molar-refractivity contribution < 1.29 is 13.9 Å². The highest BCUT2D eigenvalue weighted by Crippen LogP contribution is 2.14. The van der Waals surface area contributed by atoms with Crippen molar-refractivity contribution in [2.24, 2.45) is 0 Å². The van der Waals surface area contributed by atoms with Gasteiger partial charge in [0.05, 0.1) is 0 Å². The zero-order valence-corrected chi connectivity index (χ0v) is 11.2. The van der Waals surface area contributed by atoms with Crippen LogP contribution in [-0.2, 0) is 16.0 Å². The van der Waals surface area contributed by atoms with Crippen LogP contribution in [0.3, 0.4) is 0 Å². The van der Waals surface area contributed by atoms with Gasteiger partial charge in [0.2, 0.25) is 5.91 Å². The summed E-state index contributed by atoms with van der Waals surface area (Å²) in [5, 5.41) is 2.80. The van der Waals surface area contributed by atoms with E-state index in [0.717, 1.165) is 11.1 Å². The fraction of sp³-hybridized carbons (Fsp3) is 0.429. The molecule has 0 aliphatic heterocycles. The van der Waals surface area contributed by atoms with E-state index in [2.05, 4.69) is 10.3 Å². The number of hydrogen-bond donors (Lipinski definition) is 1. The Bertz CT molecular complexity index is 517.